The van der Waals surface area contributed by atoms with Gasteiger partial charge in [-0.1, -0.05) is 32.1 Å². The second-order valence-electron chi connectivity index (χ2n) is 4.97. The average molecular weight is 192 g/mol. The summed E-state index contributed by atoms with van der Waals surface area (Å²) in [7, 11) is 0. The molecule has 0 amide bonds. The number of allylic oxidation sites excluding steroid dienone is 2. The fourth-order valence-electron chi connectivity index (χ4n) is 2.14. The molecule has 1 saturated carbocycles. The highest BCUT2D eigenvalue weighted by Gasteiger charge is 2.41. The molecule has 0 N–H and O–H groups in total. The van der Waals surface area contributed by atoms with Gasteiger partial charge in [0, 0.05) is 11.8 Å². The van der Waals surface area contributed by atoms with E-state index in [1.807, 2.05) is 26.8 Å². The predicted molar refractivity (Wildman–Crippen MR) is 60.0 cm³/mol. The van der Waals surface area contributed by atoms with Gasteiger partial charge in [-0.05, 0) is 25.2 Å². The molecule has 0 spiro atoms. The maximum absolute atomic E-state index is 11.9. The Morgan fingerprint density at radius 3 is 2.57 bits per heavy atom. The minimum Gasteiger partial charge on any atom is -0.299 e. The molecule has 14 heavy (non-hydrogen) atoms. The summed E-state index contributed by atoms with van der Waals surface area (Å²) < 4.78 is 0. The summed E-state index contributed by atoms with van der Waals surface area (Å²) in [6.07, 6.45) is 3.61. The van der Waals surface area contributed by atoms with Gasteiger partial charge in [0.2, 0.25) is 0 Å². The van der Waals surface area contributed by atoms with Crippen molar-refractivity contribution in [3.63, 3.8) is 0 Å². The summed E-state index contributed by atoms with van der Waals surface area (Å²) in [5, 5.41) is 0. The number of carbonyl (C=O) groups excluding carboxylic acids is 1. The van der Waals surface area contributed by atoms with Crippen LogP contribution in [0.2, 0.25) is 0 Å². The molecule has 1 nitrogen and oxygen atoms in total. The van der Waals surface area contributed by atoms with Crippen LogP contribution in [0.15, 0.2) is 24.8 Å². The van der Waals surface area contributed by atoms with Gasteiger partial charge in [-0.15, -0.1) is 6.58 Å². The van der Waals surface area contributed by atoms with E-state index in [1.54, 1.807) is 0 Å². The molecule has 78 valence electrons. The van der Waals surface area contributed by atoms with Crippen LogP contribution in [0.5, 0.6) is 0 Å². The van der Waals surface area contributed by atoms with Crippen molar-refractivity contribution in [2.45, 2.75) is 33.6 Å². The van der Waals surface area contributed by atoms with Gasteiger partial charge in [-0.2, -0.15) is 0 Å². The molecule has 0 radical (unpaired) electrons. The maximum atomic E-state index is 11.9. The molecule has 0 aromatic rings. The van der Waals surface area contributed by atoms with E-state index in [9.17, 15) is 4.79 Å². The lowest BCUT2D eigenvalue weighted by atomic mass is 9.63. The van der Waals surface area contributed by atoms with Gasteiger partial charge in [0.15, 0.2) is 0 Å². The molecule has 0 unspecified atom stereocenters. The number of rotatable bonds is 2. The van der Waals surface area contributed by atoms with Crippen LogP contribution in [0.4, 0.5) is 0 Å². The molecule has 0 aliphatic heterocycles. The first-order chi connectivity index (χ1) is 6.39. The molecule has 1 heteroatoms. The van der Waals surface area contributed by atoms with Crippen molar-refractivity contribution in [1.29, 1.82) is 0 Å². The summed E-state index contributed by atoms with van der Waals surface area (Å²) in [5.74, 6) is 1.01. The molecule has 2 atom stereocenters. The number of hydrogen-bond donors (Lipinski definition) is 0. The van der Waals surface area contributed by atoms with Crippen molar-refractivity contribution in [2.75, 3.05) is 0 Å². The van der Waals surface area contributed by atoms with Crippen molar-refractivity contribution < 1.29 is 4.79 Å². The molecule has 1 fully saturated rings. The minimum absolute atomic E-state index is 0.228. The Labute approximate surface area is 86.9 Å². The highest BCUT2D eigenvalue weighted by Crippen LogP contribution is 2.42. The van der Waals surface area contributed by atoms with Crippen molar-refractivity contribution in [3.8, 4) is 0 Å². The Balaban J connectivity index is 2.89. The third-order valence-electron chi connectivity index (χ3n) is 3.60. The first-order valence-electron chi connectivity index (χ1n) is 5.20. The topological polar surface area (TPSA) is 17.1 Å². The standard InChI is InChI=1S/C13H20O/c1-6-11-7-10(9(2)3)8-12(14)13(11,4)5/h6,10-11H,1-2,7-8H2,3-5H3/t10-,11+/m0/s1. The zero-order valence-corrected chi connectivity index (χ0v) is 9.47. The molecule has 0 saturated heterocycles. The van der Waals surface area contributed by atoms with Crippen LogP contribution in [-0.4, -0.2) is 5.78 Å². The SMILES string of the molecule is C=C[C@@H]1C[C@H](C(=C)C)CC(=O)C1(C)C. The van der Waals surface area contributed by atoms with Gasteiger partial charge in [0.25, 0.3) is 0 Å². The number of carbonyl (C=O) groups is 1. The molecular weight excluding hydrogens is 172 g/mol. The fourth-order valence-corrected chi connectivity index (χ4v) is 2.14. The van der Waals surface area contributed by atoms with Gasteiger partial charge < -0.3 is 0 Å². The first-order valence-corrected chi connectivity index (χ1v) is 5.20. The van der Waals surface area contributed by atoms with E-state index in [0.717, 1.165) is 12.0 Å². The number of ketones is 1. The van der Waals surface area contributed by atoms with Crippen molar-refractivity contribution in [2.24, 2.45) is 17.3 Å². The van der Waals surface area contributed by atoms with Crippen LogP contribution in [0.25, 0.3) is 0 Å². The molecule has 1 rings (SSSR count). The monoisotopic (exact) mass is 192 g/mol. The van der Waals surface area contributed by atoms with Crippen LogP contribution in [0, 0.1) is 17.3 Å². The molecular formula is C13H20O. The van der Waals surface area contributed by atoms with Crippen LogP contribution < -0.4 is 0 Å². The highest BCUT2D eigenvalue weighted by atomic mass is 16.1. The Bertz CT molecular complexity index is 273. The molecule has 1 aliphatic rings. The lowest BCUT2D eigenvalue weighted by Crippen LogP contribution is -2.39. The van der Waals surface area contributed by atoms with E-state index >= 15 is 0 Å². The molecule has 0 aromatic carbocycles. The zero-order valence-electron chi connectivity index (χ0n) is 9.47. The highest BCUT2D eigenvalue weighted by molar-refractivity contribution is 5.86. The third-order valence-corrected chi connectivity index (χ3v) is 3.60. The Morgan fingerprint density at radius 1 is 1.57 bits per heavy atom. The van der Waals surface area contributed by atoms with Crippen molar-refractivity contribution >= 4 is 5.78 Å². The van der Waals surface area contributed by atoms with Gasteiger partial charge in [-0.25, -0.2) is 0 Å². The summed E-state index contributed by atoms with van der Waals surface area (Å²) in [6.45, 7) is 13.8. The smallest absolute Gasteiger partial charge is 0.139 e. The summed E-state index contributed by atoms with van der Waals surface area (Å²) in [5.41, 5.74) is 0.897. The Kier molecular flexibility index (Phi) is 2.98. The van der Waals surface area contributed by atoms with E-state index in [0.29, 0.717) is 24.0 Å². The summed E-state index contributed by atoms with van der Waals surface area (Å²) >= 11 is 0. The van der Waals surface area contributed by atoms with Crippen LogP contribution in [-0.2, 0) is 4.79 Å². The van der Waals surface area contributed by atoms with E-state index in [1.165, 1.54) is 0 Å². The van der Waals surface area contributed by atoms with Gasteiger partial charge in [-0.3, -0.25) is 4.79 Å². The minimum atomic E-state index is -0.228. The molecule has 1 aliphatic carbocycles. The van der Waals surface area contributed by atoms with E-state index < -0.39 is 0 Å². The Morgan fingerprint density at radius 2 is 2.14 bits per heavy atom. The van der Waals surface area contributed by atoms with Crippen LogP contribution >= 0.6 is 0 Å². The van der Waals surface area contributed by atoms with Gasteiger partial charge in [0.1, 0.15) is 5.78 Å². The molecule has 0 bridgehead atoms. The van der Waals surface area contributed by atoms with Gasteiger partial charge >= 0.3 is 0 Å². The van der Waals surface area contributed by atoms with E-state index in [-0.39, 0.29) is 5.41 Å². The average Bonchev–Trinajstić information content (AvgIpc) is 2.09. The largest absolute Gasteiger partial charge is 0.299 e. The van der Waals surface area contributed by atoms with Crippen molar-refractivity contribution in [3.05, 3.63) is 24.8 Å². The van der Waals surface area contributed by atoms with E-state index in [4.69, 9.17) is 0 Å². The quantitative estimate of drug-likeness (QED) is 0.613. The van der Waals surface area contributed by atoms with E-state index in [2.05, 4.69) is 13.2 Å². The lowest BCUT2D eigenvalue weighted by Gasteiger charge is -2.39. The second-order valence-corrected chi connectivity index (χ2v) is 4.97. The second kappa shape index (κ2) is 3.72. The number of hydrogen-bond acceptors (Lipinski definition) is 1. The Hall–Kier alpha value is -0.850. The van der Waals surface area contributed by atoms with Gasteiger partial charge in [0.05, 0.1) is 0 Å². The zero-order chi connectivity index (χ0) is 10.9. The fraction of sp³-hybridized carbons (Fsp3) is 0.615. The molecule has 0 aromatic heterocycles. The van der Waals surface area contributed by atoms with Crippen molar-refractivity contribution in [1.82, 2.24) is 0 Å². The summed E-state index contributed by atoms with van der Waals surface area (Å²) in [4.78, 5) is 11.9. The summed E-state index contributed by atoms with van der Waals surface area (Å²) in [6, 6.07) is 0. The predicted octanol–water partition coefficient (Wildman–Crippen LogP) is 3.37. The van der Waals surface area contributed by atoms with Crippen LogP contribution in [0.3, 0.4) is 0 Å². The first kappa shape index (κ1) is 11.2. The lowest BCUT2D eigenvalue weighted by molar-refractivity contribution is -0.132. The molecule has 0 heterocycles. The third kappa shape index (κ3) is 1.82. The van der Waals surface area contributed by atoms with Crippen LogP contribution in [0.1, 0.15) is 33.6 Å². The maximum Gasteiger partial charge on any atom is 0.139 e. The normalized spacial score (nSPS) is 31.2. The number of Topliss-reactive ketones (excluding diaryl/α,β-unsaturated/α-hetero) is 1.